The van der Waals surface area contributed by atoms with Crippen LogP contribution in [0.2, 0.25) is 0 Å². The molecule has 0 saturated carbocycles. The Morgan fingerprint density at radius 2 is 1.26 bits per heavy atom. The van der Waals surface area contributed by atoms with Gasteiger partial charge in [-0.2, -0.15) is 0 Å². The molecule has 1 rings (SSSR count). The second kappa shape index (κ2) is 15.4. The first-order valence-electron chi connectivity index (χ1n) is 11.8. The molecule has 0 spiro atoms. The number of rotatable bonds is 14. The number of nitrogens with one attached hydrogen (secondary N) is 1. The van der Waals surface area contributed by atoms with Crippen LogP contribution in [0.5, 0.6) is 0 Å². The number of hydrogen-bond acceptors (Lipinski definition) is 10. The first-order chi connectivity index (χ1) is 16.2. The van der Waals surface area contributed by atoms with Crippen molar-refractivity contribution < 1.29 is 48.0 Å². The van der Waals surface area contributed by atoms with Crippen molar-refractivity contribution in [1.82, 2.24) is 5.32 Å². The van der Waals surface area contributed by atoms with Crippen LogP contribution in [0.3, 0.4) is 0 Å². The molecule has 2 unspecified atom stereocenters. The zero-order valence-corrected chi connectivity index (χ0v) is 20.4. The third kappa shape index (κ3) is 9.76. The molecule has 0 aromatic rings. The molecule has 1 amide bonds. The van der Waals surface area contributed by atoms with E-state index in [0.29, 0.717) is 19.3 Å². The molecule has 0 aromatic heterocycles. The van der Waals surface area contributed by atoms with Crippen molar-refractivity contribution in [2.75, 3.05) is 6.61 Å². The maximum absolute atomic E-state index is 12.6. The Labute approximate surface area is 199 Å². The van der Waals surface area contributed by atoms with Crippen molar-refractivity contribution in [1.29, 1.82) is 0 Å². The van der Waals surface area contributed by atoms with Crippen LogP contribution in [0.15, 0.2) is 0 Å². The third-order valence-corrected chi connectivity index (χ3v) is 5.00. The Balaban J connectivity index is 3.33. The quantitative estimate of drug-likeness (QED) is 0.271. The second-order valence-corrected chi connectivity index (χ2v) is 8.17. The van der Waals surface area contributed by atoms with E-state index in [1.165, 1.54) is 6.92 Å². The lowest BCUT2D eigenvalue weighted by atomic mass is 9.95. The van der Waals surface area contributed by atoms with E-state index in [2.05, 4.69) is 5.32 Å². The first-order valence-corrected chi connectivity index (χ1v) is 11.8. The van der Waals surface area contributed by atoms with Crippen molar-refractivity contribution in [3.05, 3.63) is 0 Å². The van der Waals surface area contributed by atoms with E-state index >= 15 is 0 Å². The molecule has 5 atom stereocenters. The summed E-state index contributed by atoms with van der Waals surface area (Å²) in [5.41, 5.74) is 0. The molecule has 1 saturated heterocycles. The van der Waals surface area contributed by atoms with Crippen LogP contribution in [0.1, 0.15) is 79.1 Å². The topological polar surface area (TPSA) is 155 Å². The highest BCUT2D eigenvalue weighted by Gasteiger charge is 2.52. The van der Waals surface area contributed by atoms with Gasteiger partial charge in [0.2, 0.25) is 12.2 Å². The summed E-state index contributed by atoms with van der Waals surface area (Å²) in [6.07, 6.45) is -3.64. The number of hydrogen-bond donors (Lipinski definition) is 2. The molecular formula is C23H37NO10. The molecule has 2 N–H and O–H groups in total. The van der Waals surface area contributed by atoms with E-state index in [0.717, 1.165) is 0 Å². The van der Waals surface area contributed by atoms with Crippen LogP contribution in [-0.2, 0) is 42.9 Å². The molecule has 194 valence electrons. The van der Waals surface area contributed by atoms with Crippen LogP contribution in [0.4, 0.5) is 0 Å². The van der Waals surface area contributed by atoms with E-state index in [1.807, 2.05) is 0 Å². The van der Waals surface area contributed by atoms with Gasteiger partial charge in [0, 0.05) is 32.1 Å². The fourth-order valence-corrected chi connectivity index (χ4v) is 3.36. The van der Waals surface area contributed by atoms with Crippen LogP contribution in [-0.4, -0.2) is 72.0 Å². The fourth-order valence-electron chi connectivity index (χ4n) is 3.36. The molecule has 1 aliphatic heterocycles. The monoisotopic (exact) mass is 487 g/mol. The average molecular weight is 488 g/mol. The Morgan fingerprint density at radius 1 is 0.765 bits per heavy atom. The lowest BCUT2D eigenvalue weighted by molar-refractivity contribution is -0.271. The van der Waals surface area contributed by atoms with Crippen molar-refractivity contribution in [2.45, 2.75) is 110 Å². The number of aliphatic hydroxyl groups excluding tert-OH is 1. The van der Waals surface area contributed by atoms with Crippen LogP contribution >= 0.6 is 0 Å². The van der Waals surface area contributed by atoms with E-state index in [9.17, 15) is 29.1 Å². The smallest absolute Gasteiger partial charge is 0.308 e. The van der Waals surface area contributed by atoms with Gasteiger partial charge >= 0.3 is 17.9 Å². The molecule has 1 aliphatic rings. The van der Waals surface area contributed by atoms with Crippen molar-refractivity contribution in [2.24, 2.45) is 0 Å². The van der Waals surface area contributed by atoms with Crippen molar-refractivity contribution >= 4 is 29.6 Å². The number of aliphatic hydroxyl groups is 1. The van der Waals surface area contributed by atoms with Gasteiger partial charge < -0.3 is 34.2 Å². The Hall–Kier alpha value is -2.53. The molecule has 34 heavy (non-hydrogen) atoms. The SMILES string of the molecule is CCCC(=O)O[C@@H]1OC(CO)[C@@H](OC(=O)CCC)[C@H](OC(=O)CCC)C1NC(=O)CCC(C)=O. The number of Topliss-reactive ketones (excluding diaryl/α,β-unsaturated/α-hetero) is 1. The predicted octanol–water partition coefficient (Wildman–Crippen LogP) is 1.32. The predicted molar refractivity (Wildman–Crippen MR) is 118 cm³/mol. The number of ketones is 1. The normalized spacial score (nSPS) is 24.1. The van der Waals surface area contributed by atoms with Gasteiger partial charge in [-0.05, 0) is 26.2 Å². The standard InChI is InChI=1S/C23H37NO10/c1-5-8-17(28)32-21-15(13-25)31-23(34-19(30)10-7-3)20(22(21)33-18(29)9-6-2)24-16(27)12-11-14(4)26/h15,20-23,25H,5-13H2,1-4H3,(H,24,27)/t15?,20?,21-,22-,23+/m1/s1. The minimum absolute atomic E-state index is 0.0197. The van der Waals surface area contributed by atoms with E-state index < -0.39 is 61.1 Å². The molecular weight excluding hydrogens is 450 g/mol. The Kier molecular flexibility index (Phi) is 13.4. The maximum atomic E-state index is 12.6. The minimum atomic E-state index is -1.42. The van der Waals surface area contributed by atoms with Gasteiger partial charge in [0.15, 0.2) is 12.2 Å². The largest absolute Gasteiger partial charge is 0.456 e. The van der Waals surface area contributed by atoms with Gasteiger partial charge in [0.05, 0.1) is 6.61 Å². The third-order valence-electron chi connectivity index (χ3n) is 5.00. The zero-order chi connectivity index (χ0) is 25.7. The molecule has 0 radical (unpaired) electrons. The van der Waals surface area contributed by atoms with Crippen molar-refractivity contribution in [3.63, 3.8) is 0 Å². The summed E-state index contributed by atoms with van der Waals surface area (Å²) in [6, 6.07) is -1.23. The van der Waals surface area contributed by atoms with Gasteiger partial charge in [-0.3, -0.25) is 19.2 Å². The summed E-state index contributed by atoms with van der Waals surface area (Å²) in [7, 11) is 0. The molecule has 1 fully saturated rings. The average Bonchev–Trinajstić information content (AvgIpc) is 2.76. The minimum Gasteiger partial charge on any atom is -0.456 e. The lowest BCUT2D eigenvalue weighted by Gasteiger charge is -2.44. The van der Waals surface area contributed by atoms with Gasteiger partial charge in [0.25, 0.3) is 0 Å². The summed E-state index contributed by atoms with van der Waals surface area (Å²) >= 11 is 0. The van der Waals surface area contributed by atoms with Crippen LogP contribution < -0.4 is 5.32 Å². The van der Waals surface area contributed by atoms with Gasteiger partial charge in [-0.15, -0.1) is 0 Å². The maximum Gasteiger partial charge on any atom is 0.308 e. The number of amides is 1. The Bertz CT molecular complexity index is 710. The summed E-state index contributed by atoms with van der Waals surface area (Å²) < 4.78 is 22.2. The van der Waals surface area contributed by atoms with Crippen LogP contribution in [0, 0.1) is 0 Å². The summed E-state index contributed by atoms with van der Waals surface area (Å²) in [4.78, 5) is 60.7. The highest BCUT2D eigenvalue weighted by atomic mass is 16.7. The summed E-state index contributed by atoms with van der Waals surface area (Å²) in [5.74, 6) is -2.61. The summed E-state index contributed by atoms with van der Waals surface area (Å²) in [5, 5.41) is 12.5. The highest BCUT2D eigenvalue weighted by Crippen LogP contribution is 2.28. The molecule has 0 aromatic carbocycles. The zero-order valence-electron chi connectivity index (χ0n) is 20.4. The van der Waals surface area contributed by atoms with E-state index in [4.69, 9.17) is 18.9 Å². The fraction of sp³-hybridized carbons (Fsp3) is 0.783. The number of esters is 3. The lowest BCUT2D eigenvalue weighted by Crippen LogP contribution is -2.67. The molecule has 0 aliphatic carbocycles. The van der Waals surface area contributed by atoms with Crippen molar-refractivity contribution in [3.8, 4) is 0 Å². The van der Waals surface area contributed by atoms with Crippen LogP contribution in [0.25, 0.3) is 0 Å². The number of ether oxygens (including phenoxy) is 4. The first kappa shape index (κ1) is 29.5. The number of carbonyl (C=O) groups is 5. The Morgan fingerprint density at radius 3 is 1.74 bits per heavy atom. The van der Waals surface area contributed by atoms with E-state index in [1.54, 1.807) is 20.8 Å². The van der Waals surface area contributed by atoms with Gasteiger partial charge in [-0.25, -0.2) is 0 Å². The molecule has 11 heteroatoms. The molecule has 1 heterocycles. The second-order valence-electron chi connectivity index (χ2n) is 8.17. The van der Waals surface area contributed by atoms with Gasteiger partial charge in [-0.1, -0.05) is 20.8 Å². The number of carbonyl (C=O) groups excluding carboxylic acids is 5. The highest BCUT2D eigenvalue weighted by molar-refractivity contribution is 5.83. The molecule has 11 nitrogen and oxygen atoms in total. The molecule has 0 bridgehead atoms. The van der Waals surface area contributed by atoms with E-state index in [-0.39, 0.29) is 37.9 Å². The van der Waals surface area contributed by atoms with Gasteiger partial charge in [0.1, 0.15) is 17.9 Å². The summed E-state index contributed by atoms with van der Waals surface area (Å²) in [6.45, 7) is 6.05.